The summed E-state index contributed by atoms with van der Waals surface area (Å²) in [5, 5.41) is 19.3. The molecule has 160 valence electrons. The summed E-state index contributed by atoms with van der Waals surface area (Å²) in [6, 6.07) is 15.2. The number of primary amides is 1. The van der Waals surface area contributed by atoms with E-state index >= 15 is 0 Å². The van der Waals surface area contributed by atoms with Gasteiger partial charge in [-0.05, 0) is 30.7 Å². The van der Waals surface area contributed by atoms with E-state index in [9.17, 15) is 9.90 Å². The monoisotopic (exact) mass is 420 g/mol. The lowest BCUT2D eigenvalue weighted by atomic mass is 10.1. The molecular formula is C22H24N6O3. The third-order valence-corrected chi connectivity index (χ3v) is 4.90. The molecule has 1 aliphatic heterocycles. The quantitative estimate of drug-likeness (QED) is 0.411. The van der Waals surface area contributed by atoms with Crippen molar-refractivity contribution < 1.29 is 14.6 Å². The molecule has 0 saturated carbocycles. The largest absolute Gasteiger partial charge is 0.489 e. The van der Waals surface area contributed by atoms with Crippen LogP contribution in [-0.2, 0) is 0 Å². The standard InChI is InChI=1S/C22H24N6O3/c1-13(14-5-3-2-4-6-14)26-21-17(20(23)30)11-25-22(28-21)27-15-7-8-19-18(9-15)24-10-16(29)12-31-19/h2-9,11,13,16,24,29H,10,12H2,1H3,(H2,23,30)(H2,25,26,27,28). The maximum Gasteiger partial charge on any atom is 0.254 e. The van der Waals surface area contributed by atoms with Gasteiger partial charge in [0, 0.05) is 24.5 Å². The lowest BCUT2D eigenvalue weighted by Gasteiger charge is -2.17. The number of benzene rings is 2. The van der Waals surface area contributed by atoms with Crippen LogP contribution in [0.5, 0.6) is 5.75 Å². The van der Waals surface area contributed by atoms with E-state index in [0.717, 1.165) is 16.9 Å². The van der Waals surface area contributed by atoms with Crippen LogP contribution in [0.25, 0.3) is 0 Å². The predicted molar refractivity (Wildman–Crippen MR) is 119 cm³/mol. The first-order valence-electron chi connectivity index (χ1n) is 9.93. The highest BCUT2D eigenvalue weighted by Crippen LogP contribution is 2.31. The fraction of sp³-hybridized carbons (Fsp3) is 0.227. The van der Waals surface area contributed by atoms with Crippen LogP contribution in [0.1, 0.15) is 28.9 Å². The molecule has 1 aliphatic rings. The number of hydrogen-bond acceptors (Lipinski definition) is 8. The molecule has 2 atom stereocenters. The minimum atomic E-state index is -0.612. The van der Waals surface area contributed by atoms with Crippen LogP contribution < -0.4 is 26.4 Å². The first-order chi connectivity index (χ1) is 15.0. The molecule has 4 rings (SSSR count). The number of carbonyl (C=O) groups excluding carboxylic acids is 1. The van der Waals surface area contributed by atoms with Crippen molar-refractivity contribution in [2.45, 2.75) is 19.1 Å². The Balaban J connectivity index is 1.57. The number of hydrogen-bond donors (Lipinski definition) is 5. The van der Waals surface area contributed by atoms with Crippen LogP contribution in [0.15, 0.2) is 54.7 Å². The number of aliphatic hydroxyl groups is 1. The van der Waals surface area contributed by atoms with Gasteiger partial charge in [-0.25, -0.2) is 4.98 Å². The van der Waals surface area contributed by atoms with Crippen LogP contribution in [0.4, 0.5) is 23.1 Å². The zero-order valence-corrected chi connectivity index (χ0v) is 17.0. The van der Waals surface area contributed by atoms with Crippen molar-refractivity contribution in [3.8, 4) is 5.75 Å². The SMILES string of the molecule is CC(Nc1nc(Nc2ccc3c(c2)NCC(O)CO3)ncc1C(N)=O)c1ccccc1. The third-order valence-electron chi connectivity index (χ3n) is 4.90. The van der Waals surface area contributed by atoms with E-state index in [4.69, 9.17) is 10.5 Å². The molecule has 31 heavy (non-hydrogen) atoms. The van der Waals surface area contributed by atoms with Gasteiger partial charge in [-0.1, -0.05) is 30.3 Å². The molecule has 3 aromatic rings. The Morgan fingerprint density at radius 1 is 1.29 bits per heavy atom. The highest BCUT2D eigenvalue weighted by atomic mass is 16.5. The lowest BCUT2D eigenvalue weighted by Crippen LogP contribution is -2.23. The summed E-state index contributed by atoms with van der Waals surface area (Å²) in [4.78, 5) is 20.6. The fourth-order valence-electron chi connectivity index (χ4n) is 3.24. The molecule has 9 heteroatoms. The number of carbonyl (C=O) groups is 1. The van der Waals surface area contributed by atoms with Crippen molar-refractivity contribution in [1.29, 1.82) is 0 Å². The molecule has 2 unspecified atom stereocenters. The van der Waals surface area contributed by atoms with Gasteiger partial charge in [0.25, 0.3) is 5.91 Å². The highest BCUT2D eigenvalue weighted by molar-refractivity contribution is 5.97. The zero-order chi connectivity index (χ0) is 21.8. The Kier molecular flexibility index (Phi) is 5.85. The van der Waals surface area contributed by atoms with Crippen molar-refractivity contribution in [2.24, 2.45) is 5.73 Å². The minimum absolute atomic E-state index is 0.0951. The zero-order valence-electron chi connectivity index (χ0n) is 17.0. The van der Waals surface area contributed by atoms with Gasteiger partial charge in [-0.15, -0.1) is 0 Å². The highest BCUT2D eigenvalue weighted by Gasteiger charge is 2.17. The van der Waals surface area contributed by atoms with Gasteiger partial charge in [0.2, 0.25) is 5.95 Å². The van der Waals surface area contributed by atoms with Crippen LogP contribution in [0, 0.1) is 0 Å². The fourth-order valence-corrected chi connectivity index (χ4v) is 3.24. The van der Waals surface area contributed by atoms with Crippen LogP contribution in [0.3, 0.4) is 0 Å². The molecule has 0 fully saturated rings. The van der Waals surface area contributed by atoms with Gasteiger partial charge in [0.1, 0.15) is 24.3 Å². The maximum atomic E-state index is 11.9. The molecule has 9 nitrogen and oxygen atoms in total. The van der Waals surface area contributed by atoms with Gasteiger partial charge in [0.15, 0.2) is 0 Å². The second-order valence-electron chi connectivity index (χ2n) is 7.28. The number of nitrogens with two attached hydrogens (primary N) is 1. The van der Waals surface area contributed by atoms with Crippen LogP contribution in [-0.4, -0.2) is 40.2 Å². The van der Waals surface area contributed by atoms with E-state index in [1.807, 2.05) is 49.4 Å². The van der Waals surface area contributed by atoms with Crippen molar-refractivity contribution in [1.82, 2.24) is 9.97 Å². The Bertz CT molecular complexity index is 1080. The van der Waals surface area contributed by atoms with Gasteiger partial charge < -0.3 is 31.5 Å². The molecule has 0 saturated heterocycles. The van der Waals surface area contributed by atoms with Crippen LogP contribution in [0.2, 0.25) is 0 Å². The summed E-state index contributed by atoms with van der Waals surface area (Å²) < 4.78 is 5.58. The molecule has 0 aliphatic carbocycles. The van der Waals surface area contributed by atoms with Crippen molar-refractivity contribution >= 4 is 29.0 Å². The molecule has 2 aromatic carbocycles. The van der Waals surface area contributed by atoms with Gasteiger partial charge in [-0.2, -0.15) is 4.98 Å². The summed E-state index contributed by atoms with van der Waals surface area (Å²) in [7, 11) is 0. The first kappa shape index (κ1) is 20.4. The minimum Gasteiger partial charge on any atom is -0.489 e. The molecule has 0 bridgehead atoms. The van der Waals surface area contributed by atoms with E-state index in [0.29, 0.717) is 24.1 Å². The number of nitrogens with zero attached hydrogens (tertiary/aromatic N) is 2. The number of ether oxygens (including phenoxy) is 1. The summed E-state index contributed by atoms with van der Waals surface area (Å²) >= 11 is 0. The van der Waals surface area contributed by atoms with Gasteiger partial charge in [0.05, 0.1) is 11.3 Å². The number of aliphatic hydroxyl groups excluding tert-OH is 1. The summed E-state index contributed by atoms with van der Waals surface area (Å²) in [5.74, 6) is 0.702. The Hall–Kier alpha value is -3.85. The van der Waals surface area contributed by atoms with E-state index in [1.54, 1.807) is 6.07 Å². The van der Waals surface area contributed by atoms with Crippen LogP contribution >= 0.6 is 0 Å². The number of nitrogens with one attached hydrogen (secondary N) is 3. The number of β-amino-alcohol motifs (C(OH)–C–C–N with tert-alkyl or cyclic N) is 1. The molecule has 6 N–H and O–H groups in total. The third kappa shape index (κ3) is 4.84. The van der Waals surface area contributed by atoms with Crippen molar-refractivity contribution in [2.75, 3.05) is 29.1 Å². The maximum absolute atomic E-state index is 11.9. The summed E-state index contributed by atoms with van der Waals surface area (Å²) in [6.45, 7) is 2.60. The summed E-state index contributed by atoms with van der Waals surface area (Å²) in [6.07, 6.45) is 0.826. The van der Waals surface area contributed by atoms with E-state index < -0.39 is 12.0 Å². The van der Waals surface area contributed by atoms with Gasteiger partial charge in [-0.3, -0.25) is 4.79 Å². The second kappa shape index (κ2) is 8.88. The Morgan fingerprint density at radius 3 is 2.87 bits per heavy atom. The average Bonchev–Trinajstić information content (AvgIpc) is 2.95. The van der Waals surface area contributed by atoms with E-state index in [-0.39, 0.29) is 18.2 Å². The molecule has 1 aromatic heterocycles. The lowest BCUT2D eigenvalue weighted by molar-refractivity contribution is 0.100. The Labute approximate surface area is 179 Å². The molecular weight excluding hydrogens is 396 g/mol. The number of rotatable bonds is 6. The Morgan fingerprint density at radius 2 is 2.10 bits per heavy atom. The molecule has 2 heterocycles. The van der Waals surface area contributed by atoms with E-state index in [1.165, 1.54) is 6.20 Å². The number of amides is 1. The molecule has 0 radical (unpaired) electrons. The first-order valence-corrected chi connectivity index (χ1v) is 9.93. The number of anilines is 4. The van der Waals surface area contributed by atoms with E-state index in [2.05, 4.69) is 25.9 Å². The predicted octanol–water partition coefficient (Wildman–Crippen LogP) is 2.66. The summed E-state index contributed by atoms with van der Waals surface area (Å²) in [5.41, 5.74) is 8.24. The normalized spacial score (nSPS) is 16.1. The topological polar surface area (TPSA) is 134 Å². The number of aromatic nitrogens is 2. The van der Waals surface area contributed by atoms with Crippen molar-refractivity contribution in [3.05, 3.63) is 65.9 Å². The van der Waals surface area contributed by atoms with Crippen molar-refractivity contribution in [3.63, 3.8) is 0 Å². The number of fused-ring (bicyclic) bond motifs is 1. The molecule has 0 spiro atoms. The molecule has 1 amide bonds. The smallest absolute Gasteiger partial charge is 0.254 e. The van der Waals surface area contributed by atoms with Gasteiger partial charge >= 0.3 is 0 Å². The second-order valence-corrected chi connectivity index (χ2v) is 7.28. The average molecular weight is 420 g/mol.